The Hall–Kier alpha value is -3.38. The van der Waals surface area contributed by atoms with E-state index in [0.29, 0.717) is 51.4 Å². The van der Waals surface area contributed by atoms with E-state index in [2.05, 4.69) is 20.3 Å². The summed E-state index contributed by atoms with van der Waals surface area (Å²) in [5.41, 5.74) is 0.808. The molecule has 2 heterocycles. The van der Waals surface area contributed by atoms with Crippen molar-refractivity contribution >= 4 is 17.9 Å². The Morgan fingerprint density at radius 1 is 1.28 bits per heavy atom. The van der Waals surface area contributed by atoms with Crippen LogP contribution in [0.5, 0.6) is 5.75 Å². The first-order valence-electron chi connectivity index (χ1n) is 11.9. The molecule has 2 aromatic rings. The number of nitrogens with one attached hydrogen (secondary N) is 1. The quantitative estimate of drug-likeness (QED) is 0.196. The average molecular weight is 506 g/mol. The molecule has 1 aliphatic rings. The van der Waals surface area contributed by atoms with Gasteiger partial charge in [0, 0.05) is 18.5 Å². The number of hydrogen-bond donors (Lipinski definition) is 1. The molecule has 0 bridgehead atoms. The number of aromatic nitrogens is 2. The molecule has 12 nitrogen and oxygen atoms in total. The number of nitrogens with zero attached hydrogens (tertiary/aromatic N) is 4. The number of esters is 1. The fraction of sp³-hybridized carbons (Fsp3) is 0.583. The zero-order valence-corrected chi connectivity index (χ0v) is 21.3. The van der Waals surface area contributed by atoms with Crippen molar-refractivity contribution in [2.45, 2.75) is 45.3 Å². The number of methoxy groups -OCH3 is 1. The smallest absolute Gasteiger partial charge is 0.326 e. The number of aryl methyl sites for hydroxylation is 1. The van der Waals surface area contributed by atoms with E-state index in [0.717, 1.165) is 5.56 Å². The largest absolute Gasteiger partial charge is 0.592 e. The Bertz CT molecular complexity index is 981. The lowest BCUT2D eigenvalue weighted by Crippen LogP contribution is -2.62. The van der Waals surface area contributed by atoms with E-state index in [1.807, 2.05) is 50.0 Å². The number of morpholine rings is 1. The Kier molecular flexibility index (Phi) is 9.88. The lowest BCUT2D eigenvalue weighted by Gasteiger charge is -2.30. The van der Waals surface area contributed by atoms with E-state index in [1.165, 1.54) is 18.1 Å². The molecule has 3 rings (SSSR count). The van der Waals surface area contributed by atoms with E-state index in [9.17, 15) is 9.90 Å². The first kappa shape index (κ1) is 27.2. The lowest BCUT2D eigenvalue weighted by molar-refractivity contribution is -0.759. The molecule has 0 aliphatic carbocycles. The highest BCUT2D eigenvalue weighted by molar-refractivity contribution is 5.69. The lowest BCUT2D eigenvalue weighted by atomic mass is 10.1. The van der Waals surface area contributed by atoms with Crippen LogP contribution in [0.1, 0.15) is 32.8 Å². The minimum Gasteiger partial charge on any atom is -0.592 e. The van der Waals surface area contributed by atoms with Crippen molar-refractivity contribution in [1.82, 2.24) is 10.6 Å². The molecule has 0 saturated carbocycles. The summed E-state index contributed by atoms with van der Waals surface area (Å²) in [7, 11) is 1.37. The first-order chi connectivity index (χ1) is 17.2. The Morgan fingerprint density at radius 3 is 2.67 bits per heavy atom. The minimum absolute atomic E-state index is 0.0393. The Labute approximate surface area is 210 Å². The van der Waals surface area contributed by atoms with Crippen LogP contribution < -0.4 is 25.0 Å². The van der Waals surface area contributed by atoms with Gasteiger partial charge in [-0.25, -0.2) is 0 Å². The van der Waals surface area contributed by atoms with Crippen molar-refractivity contribution in [3.8, 4) is 5.75 Å². The van der Waals surface area contributed by atoms with Crippen molar-refractivity contribution in [2.75, 3.05) is 51.6 Å². The van der Waals surface area contributed by atoms with Crippen LogP contribution in [-0.4, -0.2) is 75.5 Å². The standard InChI is InChI=1S/C24H35N5O7/c1-24(2,3)25-15-20(17-34-19-8-5-18(6-9-19)7-10-22(30)32-4)35-23(31)26-21-16-29(27-36-21)28-11-13-33-14-12-28/h5-6,8-9,16,20,25H,7,10-15,17H2,1-4H3. The van der Waals surface area contributed by atoms with E-state index >= 15 is 0 Å². The Morgan fingerprint density at radius 2 is 2.00 bits per heavy atom. The molecule has 1 saturated heterocycles. The molecule has 12 heteroatoms. The molecule has 1 fully saturated rings. The zero-order chi connectivity index (χ0) is 26.0. The molecule has 0 spiro atoms. The summed E-state index contributed by atoms with van der Waals surface area (Å²) < 4.78 is 26.6. The van der Waals surface area contributed by atoms with Gasteiger partial charge in [0.1, 0.15) is 12.4 Å². The van der Waals surface area contributed by atoms with Gasteiger partial charge in [-0.3, -0.25) is 9.32 Å². The average Bonchev–Trinajstić information content (AvgIpc) is 3.33. The first-order valence-corrected chi connectivity index (χ1v) is 11.9. The molecule has 1 aromatic heterocycles. The summed E-state index contributed by atoms with van der Waals surface area (Å²) in [6, 6.07) is 7.39. The van der Waals surface area contributed by atoms with Gasteiger partial charge in [-0.2, -0.15) is 4.99 Å². The molecule has 1 N–H and O–H groups in total. The van der Waals surface area contributed by atoms with Gasteiger partial charge < -0.3 is 29.4 Å². The number of ether oxygens (including phenoxy) is 4. The monoisotopic (exact) mass is 505 g/mol. The van der Waals surface area contributed by atoms with Crippen LogP contribution in [0, 0.1) is 0 Å². The SMILES string of the molecule is COC(=O)CCc1ccc(OCC(CNC(C)(C)C)O/C([O-])=N/c2c[n+](N3CCOCC3)no2)cc1. The third kappa shape index (κ3) is 9.34. The number of carbonyl (C=O) groups excluding carboxylic acids is 1. The second-order valence-electron chi connectivity index (χ2n) is 9.31. The summed E-state index contributed by atoms with van der Waals surface area (Å²) in [5, 5.41) is 21.6. The summed E-state index contributed by atoms with van der Waals surface area (Å²) in [6.45, 7) is 9.04. The van der Waals surface area contributed by atoms with Crippen molar-refractivity contribution in [3.63, 3.8) is 0 Å². The molecule has 1 aromatic carbocycles. The van der Waals surface area contributed by atoms with Crippen LogP contribution in [-0.2, 0) is 25.4 Å². The van der Waals surface area contributed by atoms with Crippen LogP contribution in [0.25, 0.3) is 0 Å². The van der Waals surface area contributed by atoms with Crippen LogP contribution in [0.2, 0.25) is 0 Å². The van der Waals surface area contributed by atoms with Crippen molar-refractivity contribution in [2.24, 2.45) is 4.99 Å². The molecule has 0 amide bonds. The molecule has 1 atom stereocenters. The summed E-state index contributed by atoms with van der Waals surface area (Å²) in [5.74, 6) is 0.405. The van der Waals surface area contributed by atoms with Gasteiger partial charge in [-0.15, -0.1) is 5.01 Å². The van der Waals surface area contributed by atoms with Crippen LogP contribution in [0.15, 0.2) is 40.0 Å². The van der Waals surface area contributed by atoms with Crippen LogP contribution >= 0.6 is 0 Å². The van der Waals surface area contributed by atoms with E-state index in [-0.39, 0.29) is 24.0 Å². The fourth-order valence-electron chi connectivity index (χ4n) is 3.27. The van der Waals surface area contributed by atoms with Gasteiger partial charge in [0.15, 0.2) is 6.08 Å². The molecular formula is C24H35N5O7. The maximum atomic E-state index is 12.5. The van der Waals surface area contributed by atoms with Gasteiger partial charge >= 0.3 is 11.9 Å². The molecule has 36 heavy (non-hydrogen) atoms. The summed E-state index contributed by atoms with van der Waals surface area (Å²) >= 11 is 0. The number of hydrogen-bond acceptors (Lipinski definition) is 11. The van der Waals surface area contributed by atoms with Gasteiger partial charge in [0.25, 0.3) is 6.20 Å². The minimum atomic E-state index is -0.803. The molecular weight excluding hydrogens is 470 g/mol. The van der Waals surface area contributed by atoms with E-state index in [4.69, 9.17) is 18.7 Å². The Balaban J connectivity index is 1.57. The van der Waals surface area contributed by atoms with Gasteiger partial charge in [-0.05, 0) is 44.9 Å². The third-order valence-electron chi connectivity index (χ3n) is 5.25. The highest BCUT2D eigenvalue weighted by Gasteiger charge is 2.23. The molecule has 1 unspecified atom stereocenters. The van der Waals surface area contributed by atoms with Crippen molar-refractivity contribution in [1.29, 1.82) is 0 Å². The van der Waals surface area contributed by atoms with Gasteiger partial charge in [0.2, 0.25) is 5.27 Å². The number of benzene rings is 1. The van der Waals surface area contributed by atoms with Crippen molar-refractivity contribution < 1.29 is 38.2 Å². The van der Waals surface area contributed by atoms with Crippen molar-refractivity contribution in [3.05, 3.63) is 36.0 Å². The second kappa shape index (κ2) is 13.1. The van der Waals surface area contributed by atoms with Crippen LogP contribution in [0.3, 0.4) is 0 Å². The second-order valence-corrected chi connectivity index (χ2v) is 9.31. The predicted molar refractivity (Wildman–Crippen MR) is 127 cm³/mol. The molecule has 198 valence electrons. The highest BCUT2D eigenvalue weighted by Crippen LogP contribution is 2.15. The maximum absolute atomic E-state index is 12.5. The number of rotatable bonds is 11. The molecule has 1 aliphatic heterocycles. The van der Waals surface area contributed by atoms with Gasteiger partial charge in [-0.1, -0.05) is 12.1 Å². The number of carbonyl (C=O) groups is 1. The zero-order valence-electron chi connectivity index (χ0n) is 21.3. The fourth-order valence-corrected chi connectivity index (χ4v) is 3.27. The normalized spacial score (nSPS) is 15.4. The van der Waals surface area contributed by atoms with E-state index in [1.54, 1.807) is 0 Å². The topological polar surface area (TPSA) is 135 Å². The molecule has 0 radical (unpaired) electrons. The summed E-state index contributed by atoms with van der Waals surface area (Å²) in [6.07, 6.45) is 1.01. The number of aliphatic imine (C=N–C) groups is 1. The predicted octanol–water partition coefficient (Wildman–Crippen LogP) is 0.236. The highest BCUT2D eigenvalue weighted by atomic mass is 16.6. The summed E-state index contributed by atoms with van der Waals surface area (Å²) in [4.78, 5) is 16.7. The maximum Gasteiger partial charge on any atom is 0.326 e. The van der Waals surface area contributed by atoms with Crippen LogP contribution in [0.4, 0.5) is 5.88 Å². The van der Waals surface area contributed by atoms with Gasteiger partial charge in [0.05, 0.1) is 44.3 Å². The third-order valence-corrected chi connectivity index (χ3v) is 5.25. The van der Waals surface area contributed by atoms with E-state index < -0.39 is 12.2 Å².